The molecule has 0 radical (unpaired) electrons. The molecule has 0 heterocycles. The lowest BCUT2D eigenvalue weighted by molar-refractivity contribution is 0.0927. The zero-order valence-corrected chi connectivity index (χ0v) is 19.3. The fourth-order valence-electron chi connectivity index (χ4n) is 3.67. The van der Waals surface area contributed by atoms with Crippen molar-refractivity contribution in [3.8, 4) is 5.75 Å². The van der Waals surface area contributed by atoms with Gasteiger partial charge in [0.1, 0.15) is 5.75 Å². The van der Waals surface area contributed by atoms with Gasteiger partial charge in [0, 0.05) is 11.6 Å². The second-order valence-corrected chi connectivity index (χ2v) is 8.40. The predicted octanol–water partition coefficient (Wildman–Crippen LogP) is 5.05. The largest absolute Gasteiger partial charge is 0.494 e. The van der Waals surface area contributed by atoms with E-state index in [1.165, 1.54) is 6.42 Å². The summed E-state index contributed by atoms with van der Waals surface area (Å²) in [6.07, 6.45) is 7.60. The van der Waals surface area contributed by atoms with E-state index in [4.69, 9.17) is 17.0 Å². The molecule has 0 spiro atoms. The number of amides is 2. The van der Waals surface area contributed by atoms with Crippen molar-refractivity contribution in [2.75, 3.05) is 11.9 Å². The monoisotopic (exact) mass is 453 g/mol. The first-order valence-corrected chi connectivity index (χ1v) is 11.7. The van der Waals surface area contributed by atoms with Crippen molar-refractivity contribution < 1.29 is 14.3 Å². The Labute approximate surface area is 195 Å². The molecule has 1 fully saturated rings. The van der Waals surface area contributed by atoms with Crippen LogP contribution in [0.15, 0.2) is 48.5 Å². The lowest BCUT2D eigenvalue weighted by atomic mass is 9.95. The van der Waals surface area contributed by atoms with Crippen LogP contribution in [-0.2, 0) is 0 Å². The number of para-hydroxylation sites is 1. The summed E-state index contributed by atoms with van der Waals surface area (Å²) in [4.78, 5) is 25.3. The summed E-state index contributed by atoms with van der Waals surface area (Å²) < 4.78 is 5.62. The van der Waals surface area contributed by atoms with E-state index in [-0.39, 0.29) is 23.0 Å². The molecular formula is C25H31N3O3S. The average molecular weight is 454 g/mol. The number of benzene rings is 2. The van der Waals surface area contributed by atoms with Crippen LogP contribution in [0.2, 0.25) is 0 Å². The van der Waals surface area contributed by atoms with Gasteiger partial charge in [0.15, 0.2) is 5.11 Å². The van der Waals surface area contributed by atoms with E-state index in [0.29, 0.717) is 23.4 Å². The lowest BCUT2D eigenvalue weighted by Gasteiger charge is -2.23. The van der Waals surface area contributed by atoms with Gasteiger partial charge in [-0.05, 0) is 67.9 Å². The van der Waals surface area contributed by atoms with Crippen LogP contribution in [0, 0.1) is 0 Å². The molecule has 2 aromatic rings. The van der Waals surface area contributed by atoms with Gasteiger partial charge in [-0.1, -0.05) is 44.7 Å². The zero-order chi connectivity index (χ0) is 22.8. The second-order valence-electron chi connectivity index (χ2n) is 7.99. The van der Waals surface area contributed by atoms with E-state index in [1.807, 2.05) is 12.1 Å². The minimum absolute atomic E-state index is 0.132. The molecule has 32 heavy (non-hydrogen) atoms. The molecule has 0 unspecified atom stereocenters. The van der Waals surface area contributed by atoms with Gasteiger partial charge in [-0.3, -0.25) is 14.9 Å². The number of carbonyl (C=O) groups excluding carboxylic acids is 2. The first kappa shape index (κ1) is 23.7. The molecule has 0 aromatic heterocycles. The number of hydrogen-bond acceptors (Lipinski definition) is 4. The number of rotatable bonds is 8. The van der Waals surface area contributed by atoms with Gasteiger partial charge in [0.25, 0.3) is 11.8 Å². The van der Waals surface area contributed by atoms with Crippen molar-refractivity contribution in [1.82, 2.24) is 10.6 Å². The van der Waals surface area contributed by atoms with E-state index in [1.54, 1.807) is 36.4 Å². The summed E-state index contributed by atoms with van der Waals surface area (Å²) in [6.45, 7) is 2.76. The Bertz CT molecular complexity index is 924. The Morgan fingerprint density at radius 1 is 1.00 bits per heavy atom. The van der Waals surface area contributed by atoms with Crippen molar-refractivity contribution in [1.29, 1.82) is 0 Å². The SMILES string of the molecule is CCCCOc1ccc(C(=O)NC(=S)Nc2ccccc2C(=O)NC2CCCCC2)cc1. The number of carbonyl (C=O) groups is 2. The number of unbranched alkanes of at least 4 members (excludes halogenated alkanes) is 1. The third-order valence-electron chi connectivity index (χ3n) is 5.47. The van der Waals surface area contributed by atoms with Crippen LogP contribution in [0.3, 0.4) is 0 Å². The average Bonchev–Trinajstić information content (AvgIpc) is 2.80. The first-order valence-electron chi connectivity index (χ1n) is 11.3. The summed E-state index contributed by atoms with van der Waals surface area (Å²) in [5, 5.41) is 8.91. The van der Waals surface area contributed by atoms with Gasteiger partial charge < -0.3 is 15.4 Å². The van der Waals surface area contributed by atoms with E-state index >= 15 is 0 Å². The molecule has 0 bridgehead atoms. The fourth-order valence-corrected chi connectivity index (χ4v) is 3.87. The van der Waals surface area contributed by atoms with Crippen LogP contribution in [-0.4, -0.2) is 29.6 Å². The topological polar surface area (TPSA) is 79.5 Å². The van der Waals surface area contributed by atoms with Gasteiger partial charge in [-0.25, -0.2) is 0 Å². The highest BCUT2D eigenvalue weighted by Crippen LogP contribution is 2.20. The van der Waals surface area contributed by atoms with Crippen molar-refractivity contribution >= 4 is 34.8 Å². The maximum absolute atomic E-state index is 12.8. The Balaban J connectivity index is 1.56. The Morgan fingerprint density at radius 3 is 2.44 bits per heavy atom. The van der Waals surface area contributed by atoms with Gasteiger partial charge in [-0.2, -0.15) is 0 Å². The van der Waals surface area contributed by atoms with Gasteiger partial charge in [0.05, 0.1) is 17.9 Å². The molecule has 0 saturated heterocycles. The van der Waals surface area contributed by atoms with Crippen LogP contribution < -0.4 is 20.7 Å². The standard InChI is InChI=1S/C25H31N3O3S/c1-2-3-17-31-20-15-13-18(14-16-20)23(29)28-25(32)27-22-12-8-7-11-21(22)24(30)26-19-9-5-4-6-10-19/h7-8,11-16,19H,2-6,9-10,17H2,1H3,(H,26,30)(H2,27,28,29,32). The molecule has 6 nitrogen and oxygen atoms in total. The molecule has 3 rings (SSSR count). The quantitative estimate of drug-likeness (QED) is 0.385. The van der Waals surface area contributed by atoms with Gasteiger partial charge >= 0.3 is 0 Å². The highest BCUT2D eigenvalue weighted by atomic mass is 32.1. The predicted molar refractivity (Wildman–Crippen MR) is 131 cm³/mol. The van der Waals surface area contributed by atoms with Crippen LogP contribution in [0.25, 0.3) is 0 Å². The number of ether oxygens (including phenoxy) is 1. The van der Waals surface area contributed by atoms with Gasteiger partial charge in [0.2, 0.25) is 0 Å². The summed E-state index contributed by atoms with van der Waals surface area (Å²) in [7, 11) is 0. The lowest BCUT2D eigenvalue weighted by Crippen LogP contribution is -2.37. The maximum atomic E-state index is 12.8. The number of thiocarbonyl (C=S) groups is 1. The minimum atomic E-state index is -0.327. The van der Waals surface area contributed by atoms with E-state index in [9.17, 15) is 9.59 Å². The number of hydrogen-bond donors (Lipinski definition) is 3. The Hall–Kier alpha value is -2.93. The molecule has 1 aliphatic rings. The molecule has 170 valence electrons. The summed E-state index contributed by atoms with van der Waals surface area (Å²) >= 11 is 5.32. The van der Waals surface area contributed by atoms with Crippen molar-refractivity contribution in [2.24, 2.45) is 0 Å². The Morgan fingerprint density at radius 2 is 1.72 bits per heavy atom. The molecule has 2 amide bonds. The summed E-state index contributed by atoms with van der Waals surface area (Å²) in [6, 6.07) is 14.3. The van der Waals surface area contributed by atoms with Gasteiger partial charge in [-0.15, -0.1) is 0 Å². The van der Waals surface area contributed by atoms with E-state index in [2.05, 4.69) is 22.9 Å². The molecular weight excluding hydrogens is 422 g/mol. The van der Waals surface area contributed by atoms with Crippen LogP contribution >= 0.6 is 12.2 Å². The molecule has 1 aliphatic carbocycles. The van der Waals surface area contributed by atoms with Crippen molar-refractivity contribution in [3.63, 3.8) is 0 Å². The van der Waals surface area contributed by atoms with Crippen LogP contribution in [0.4, 0.5) is 5.69 Å². The highest BCUT2D eigenvalue weighted by Gasteiger charge is 2.19. The molecule has 2 aromatic carbocycles. The van der Waals surface area contributed by atoms with E-state index < -0.39 is 0 Å². The second kappa shape index (κ2) is 12.2. The summed E-state index contributed by atoms with van der Waals surface area (Å²) in [5.74, 6) is 0.271. The third-order valence-corrected chi connectivity index (χ3v) is 5.67. The molecule has 7 heteroatoms. The summed E-state index contributed by atoms with van der Waals surface area (Å²) in [5.41, 5.74) is 1.54. The van der Waals surface area contributed by atoms with Crippen molar-refractivity contribution in [2.45, 2.75) is 57.9 Å². The normalized spacial score (nSPS) is 13.8. The minimum Gasteiger partial charge on any atom is -0.494 e. The molecule has 0 atom stereocenters. The first-order chi connectivity index (χ1) is 15.6. The van der Waals surface area contributed by atoms with E-state index in [0.717, 1.165) is 44.3 Å². The van der Waals surface area contributed by atoms with Crippen LogP contribution in [0.5, 0.6) is 5.75 Å². The molecule has 0 aliphatic heterocycles. The number of nitrogens with one attached hydrogen (secondary N) is 3. The maximum Gasteiger partial charge on any atom is 0.257 e. The highest BCUT2D eigenvalue weighted by molar-refractivity contribution is 7.80. The number of anilines is 1. The Kier molecular flexibility index (Phi) is 9.04. The van der Waals surface area contributed by atoms with Crippen LogP contribution in [0.1, 0.15) is 72.6 Å². The fraction of sp³-hybridized carbons (Fsp3) is 0.400. The third kappa shape index (κ3) is 7.05. The zero-order valence-electron chi connectivity index (χ0n) is 18.5. The smallest absolute Gasteiger partial charge is 0.257 e. The molecule has 1 saturated carbocycles. The van der Waals surface area contributed by atoms with Crippen molar-refractivity contribution in [3.05, 3.63) is 59.7 Å². The molecule has 3 N–H and O–H groups in total.